The minimum Gasteiger partial charge on any atom is -0.497 e. The summed E-state index contributed by atoms with van der Waals surface area (Å²) in [5.74, 6) is -1.95. The molecule has 0 unspecified atom stereocenters. The van der Waals surface area contributed by atoms with E-state index in [1.807, 2.05) is 0 Å². The molecule has 2 atom stereocenters. The van der Waals surface area contributed by atoms with E-state index in [1.54, 1.807) is 24.3 Å². The van der Waals surface area contributed by atoms with Crippen LogP contribution in [0.3, 0.4) is 0 Å². The number of rotatable bonds is 6. The molecule has 1 aromatic rings. The summed E-state index contributed by atoms with van der Waals surface area (Å²) in [5.41, 5.74) is 0.504. The number of anilines is 1. The van der Waals surface area contributed by atoms with Crippen molar-refractivity contribution in [3.05, 3.63) is 24.3 Å². The molecule has 8 heteroatoms. The monoisotopic (exact) mass is 374 g/mol. The van der Waals surface area contributed by atoms with Crippen LogP contribution in [0.15, 0.2) is 24.3 Å². The van der Waals surface area contributed by atoms with E-state index in [2.05, 4.69) is 5.32 Å². The summed E-state index contributed by atoms with van der Waals surface area (Å²) in [5, 5.41) is 2.58. The van der Waals surface area contributed by atoms with E-state index in [-0.39, 0.29) is 23.7 Å². The Kier molecular flexibility index (Phi) is 5.73. The van der Waals surface area contributed by atoms with E-state index in [0.29, 0.717) is 24.3 Å². The zero-order valence-corrected chi connectivity index (χ0v) is 15.1. The molecule has 3 amide bonds. The average Bonchev–Trinajstić information content (AvgIpc) is 2.92. The Morgan fingerprint density at radius 1 is 1.15 bits per heavy atom. The van der Waals surface area contributed by atoms with Crippen LogP contribution < -0.4 is 10.1 Å². The van der Waals surface area contributed by atoms with Gasteiger partial charge in [0, 0.05) is 11.8 Å². The van der Waals surface area contributed by atoms with Crippen molar-refractivity contribution >= 4 is 29.4 Å². The summed E-state index contributed by atoms with van der Waals surface area (Å²) in [6.07, 6.45) is 3.21. The Balaban J connectivity index is 1.48. The highest BCUT2D eigenvalue weighted by Crippen LogP contribution is 2.37. The third kappa shape index (κ3) is 4.27. The normalized spacial score (nSPS) is 21.6. The quantitative estimate of drug-likeness (QED) is 0.596. The van der Waals surface area contributed by atoms with Gasteiger partial charge in [-0.15, -0.1) is 0 Å². The van der Waals surface area contributed by atoms with Crippen LogP contribution in [0.1, 0.15) is 25.7 Å². The topological polar surface area (TPSA) is 102 Å². The Hall–Kier alpha value is -2.90. The van der Waals surface area contributed by atoms with E-state index < -0.39 is 25.0 Å². The first-order valence-corrected chi connectivity index (χ1v) is 8.94. The van der Waals surface area contributed by atoms with Gasteiger partial charge in [-0.05, 0) is 25.0 Å². The molecule has 0 bridgehead atoms. The third-order valence-corrected chi connectivity index (χ3v) is 4.94. The first-order chi connectivity index (χ1) is 13.0. The number of ether oxygens (including phenoxy) is 2. The number of methoxy groups -OCH3 is 1. The molecule has 1 saturated heterocycles. The Morgan fingerprint density at radius 2 is 1.81 bits per heavy atom. The number of carbonyl (C=O) groups is 4. The molecule has 3 rings (SSSR count). The Labute approximate surface area is 156 Å². The lowest BCUT2D eigenvalue weighted by atomic mass is 9.81. The number of fused-ring (bicyclic) bond motifs is 1. The van der Waals surface area contributed by atoms with Gasteiger partial charge in [0.05, 0.1) is 18.9 Å². The van der Waals surface area contributed by atoms with Crippen molar-refractivity contribution in [1.82, 2.24) is 4.90 Å². The summed E-state index contributed by atoms with van der Waals surface area (Å²) in [6, 6.07) is 6.75. The van der Waals surface area contributed by atoms with Crippen molar-refractivity contribution in [1.29, 1.82) is 0 Å². The number of benzene rings is 1. The number of esters is 1. The van der Waals surface area contributed by atoms with E-state index in [1.165, 1.54) is 7.11 Å². The Morgan fingerprint density at radius 3 is 2.44 bits per heavy atom. The summed E-state index contributed by atoms with van der Waals surface area (Å²) >= 11 is 0. The van der Waals surface area contributed by atoms with Crippen LogP contribution in [-0.4, -0.2) is 48.9 Å². The fourth-order valence-corrected chi connectivity index (χ4v) is 3.61. The van der Waals surface area contributed by atoms with Crippen LogP contribution in [0, 0.1) is 11.8 Å². The second-order valence-corrected chi connectivity index (χ2v) is 6.70. The highest BCUT2D eigenvalue weighted by Gasteiger charge is 2.48. The lowest BCUT2D eigenvalue weighted by Crippen LogP contribution is -2.37. The molecular formula is C19H22N2O6. The number of likely N-dealkylation sites (tertiary alicyclic amines) is 1. The second-order valence-electron chi connectivity index (χ2n) is 6.70. The SMILES string of the molecule is COc1cccc(NC(=O)COC(=O)CN2C(=O)[C@H]3CCCC[C@@H]3C2=O)c1. The maximum absolute atomic E-state index is 12.3. The van der Waals surface area contributed by atoms with Crippen molar-refractivity contribution in [3.63, 3.8) is 0 Å². The smallest absolute Gasteiger partial charge is 0.326 e. The van der Waals surface area contributed by atoms with Crippen LogP contribution in [-0.2, 0) is 23.9 Å². The molecule has 1 aliphatic heterocycles. The molecule has 2 aliphatic rings. The van der Waals surface area contributed by atoms with Crippen molar-refractivity contribution in [2.45, 2.75) is 25.7 Å². The number of hydrogen-bond acceptors (Lipinski definition) is 6. The largest absolute Gasteiger partial charge is 0.497 e. The highest BCUT2D eigenvalue weighted by atomic mass is 16.5. The Bertz CT molecular complexity index is 738. The molecule has 1 heterocycles. The molecular weight excluding hydrogens is 352 g/mol. The highest BCUT2D eigenvalue weighted by molar-refractivity contribution is 6.07. The number of imide groups is 1. The zero-order chi connectivity index (χ0) is 19.4. The van der Waals surface area contributed by atoms with E-state index >= 15 is 0 Å². The summed E-state index contributed by atoms with van der Waals surface area (Å²) in [4.78, 5) is 49.5. The first-order valence-electron chi connectivity index (χ1n) is 8.94. The summed E-state index contributed by atoms with van der Waals surface area (Å²) < 4.78 is 9.98. The van der Waals surface area contributed by atoms with E-state index in [4.69, 9.17) is 9.47 Å². The molecule has 144 valence electrons. The molecule has 0 aromatic heterocycles. The minimum absolute atomic E-state index is 0.303. The number of nitrogens with zero attached hydrogens (tertiary/aromatic N) is 1. The van der Waals surface area contributed by atoms with Gasteiger partial charge in [0.1, 0.15) is 12.3 Å². The minimum atomic E-state index is -0.781. The van der Waals surface area contributed by atoms with Gasteiger partial charge >= 0.3 is 5.97 Å². The van der Waals surface area contributed by atoms with Crippen LogP contribution in [0.5, 0.6) is 5.75 Å². The van der Waals surface area contributed by atoms with E-state index in [9.17, 15) is 19.2 Å². The van der Waals surface area contributed by atoms with Crippen molar-refractivity contribution in [2.75, 3.05) is 25.6 Å². The zero-order valence-electron chi connectivity index (χ0n) is 15.1. The standard InChI is InChI=1S/C19H22N2O6/c1-26-13-6-4-5-12(9-13)20-16(22)11-27-17(23)10-21-18(24)14-7-2-3-8-15(14)19(21)25/h4-6,9,14-15H,2-3,7-8,10-11H2,1H3,(H,20,22)/t14-,15-/m0/s1. The molecule has 2 fully saturated rings. The van der Waals surface area contributed by atoms with Crippen LogP contribution >= 0.6 is 0 Å². The lowest BCUT2D eigenvalue weighted by molar-refractivity contribution is -0.154. The van der Waals surface area contributed by atoms with E-state index in [0.717, 1.165) is 17.7 Å². The van der Waals surface area contributed by atoms with Crippen LogP contribution in [0.2, 0.25) is 0 Å². The molecule has 1 saturated carbocycles. The van der Waals surface area contributed by atoms with Gasteiger partial charge in [-0.2, -0.15) is 0 Å². The molecule has 8 nitrogen and oxygen atoms in total. The average molecular weight is 374 g/mol. The number of amides is 3. The molecule has 1 aromatic carbocycles. The summed E-state index contributed by atoms with van der Waals surface area (Å²) in [6.45, 7) is -0.948. The molecule has 0 spiro atoms. The molecule has 1 N–H and O–H groups in total. The van der Waals surface area contributed by atoms with Gasteiger partial charge in [-0.1, -0.05) is 18.9 Å². The predicted molar refractivity (Wildman–Crippen MR) is 94.8 cm³/mol. The maximum atomic E-state index is 12.3. The first kappa shape index (κ1) is 18.9. The number of hydrogen-bond donors (Lipinski definition) is 1. The lowest BCUT2D eigenvalue weighted by Gasteiger charge is -2.19. The molecule has 1 aliphatic carbocycles. The van der Waals surface area contributed by atoms with Gasteiger partial charge in [0.25, 0.3) is 5.91 Å². The second kappa shape index (κ2) is 8.20. The fourth-order valence-electron chi connectivity index (χ4n) is 3.61. The predicted octanol–water partition coefficient (Wildman–Crippen LogP) is 1.35. The van der Waals surface area contributed by atoms with Crippen LogP contribution in [0.4, 0.5) is 5.69 Å². The van der Waals surface area contributed by atoms with Gasteiger partial charge < -0.3 is 14.8 Å². The number of nitrogens with one attached hydrogen (secondary N) is 1. The van der Waals surface area contributed by atoms with Crippen molar-refractivity contribution in [3.8, 4) is 5.75 Å². The molecule has 27 heavy (non-hydrogen) atoms. The van der Waals surface area contributed by atoms with Gasteiger partial charge in [-0.3, -0.25) is 24.1 Å². The number of carbonyl (C=O) groups excluding carboxylic acids is 4. The van der Waals surface area contributed by atoms with Gasteiger partial charge in [-0.25, -0.2) is 0 Å². The third-order valence-electron chi connectivity index (χ3n) is 4.94. The van der Waals surface area contributed by atoms with Crippen molar-refractivity contribution < 1.29 is 28.7 Å². The van der Waals surface area contributed by atoms with Gasteiger partial charge in [0.15, 0.2) is 6.61 Å². The maximum Gasteiger partial charge on any atom is 0.326 e. The van der Waals surface area contributed by atoms with Crippen molar-refractivity contribution in [2.24, 2.45) is 11.8 Å². The van der Waals surface area contributed by atoms with Gasteiger partial charge in [0.2, 0.25) is 11.8 Å². The fraction of sp³-hybridized carbons (Fsp3) is 0.474. The summed E-state index contributed by atoms with van der Waals surface area (Å²) in [7, 11) is 1.51. The molecule has 0 radical (unpaired) electrons. The van der Waals surface area contributed by atoms with Crippen LogP contribution in [0.25, 0.3) is 0 Å².